The minimum Gasteiger partial charge on any atom is -0.417 e. The second-order valence-corrected chi connectivity index (χ2v) is 10.2. The predicted octanol–water partition coefficient (Wildman–Crippen LogP) is 3.67. The highest BCUT2D eigenvalue weighted by Gasteiger charge is 2.48. The first-order chi connectivity index (χ1) is 14.6. The Morgan fingerprint density at radius 1 is 1.16 bits per heavy atom. The Balaban J connectivity index is 1.77. The third-order valence-corrected chi connectivity index (χ3v) is 5.89. The molecule has 1 unspecified atom stereocenters. The van der Waals surface area contributed by atoms with Gasteiger partial charge in [-0.2, -0.15) is 5.10 Å². The maximum absolute atomic E-state index is 12.6. The lowest BCUT2D eigenvalue weighted by Gasteiger charge is -2.38. The zero-order chi connectivity index (χ0) is 22.8. The average molecular weight is 468 g/mol. The molecule has 1 fully saturated rings. The van der Waals surface area contributed by atoms with Crippen molar-refractivity contribution in [3.63, 3.8) is 0 Å². The van der Waals surface area contributed by atoms with Crippen molar-refractivity contribution in [2.45, 2.75) is 52.1 Å². The Labute approximate surface area is 186 Å². The molecular formula is C20H25N3O6S2. The van der Waals surface area contributed by atoms with Crippen LogP contribution in [-0.4, -0.2) is 37.2 Å². The van der Waals surface area contributed by atoms with Gasteiger partial charge < -0.3 is 14.0 Å². The lowest BCUT2D eigenvalue weighted by Crippen LogP contribution is -2.52. The molecule has 1 saturated heterocycles. The molecule has 1 atom stereocenters. The standard InChI is InChI=1S/C20H25N3O6S2/c1-11(2)8-20(9-12(3)4)28-17(24)16(18(25)29-20)22-23-19-21-14-6-5-13(10-31(26)27)7-15(14)30-19/h5-7,11-12H,8-10H2,1-4H3,(H,21,23)(H,26,27). The van der Waals surface area contributed by atoms with Crippen LogP contribution in [0.25, 0.3) is 10.2 Å². The zero-order valence-electron chi connectivity index (χ0n) is 17.7. The summed E-state index contributed by atoms with van der Waals surface area (Å²) in [6, 6.07) is 5.20. The van der Waals surface area contributed by atoms with Crippen LogP contribution in [0.4, 0.5) is 5.13 Å². The molecule has 2 heterocycles. The van der Waals surface area contributed by atoms with Crippen molar-refractivity contribution >= 4 is 55.4 Å². The summed E-state index contributed by atoms with van der Waals surface area (Å²) < 4.78 is 31.9. The number of carbonyl (C=O) groups excluding carboxylic acids is 2. The Morgan fingerprint density at radius 3 is 2.32 bits per heavy atom. The van der Waals surface area contributed by atoms with E-state index in [4.69, 9.17) is 14.0 Å². The van der Waals surface area contributed by atoms with Crippen molar-refractivity contribution < 1.29 is 27.8 Å². The number of aromatic nitrogens is 1. The number of nitrogens with zero attached hydrogens (tertiary/aromatic N) is 2. The van der Waals surface area contributed by atoms with E-state index in [0.29, 0.717) is 29.1 Å². The number of esters is 2. The van der Waals surface area contributed by atoms with Crippen LogP contribution in [0.1, 0.15) is 46.1 Å². The highest BCUT2D eigenvalue weighted by atomic mass is 32.2. The number of thiazole rings is 1. The summed E-state index contributed by atoms with van der Waals surface area (Å²) in [5.41, 5.74) is 3.49. The topological polar surface area (TPSA) is 127 Å². The van der Waals surface area contributed by atoms with Gasteiger partial charge in [0.15, 0.2) is 11.1 Å². The van der Waals surface area contributed by atoms with Crippen molar-refractivity contribution in [2.75, 3.05) is 5.43 Å². The molecule has 0 radical (unpaired) electrons. The van der Waals surface area contributed by atoms with Crippen LogP contribution >= 0.6 is 11.3 Å². The van der Waals surface area contributed by atoms with E-state index in [-0.39, 0.29) is 17.6 Å². The summed E-state index contributed by atoms with van der Waals surface area (Å²) >= 11 is -0.706. The van der Waals surface area contributed by atoms with E-state index < -0.39 is 34.5 Å². The van der Waals surface area contributed by atoms with Gasteiger partial charge in [0.25, 0.3) is 11.5 Å². The molecule has 1 aromatic heterocycles. The smallest absolute Gasteiger partial charge is 0.369 e. The highest BCUT2D eigenvalue weighted by molar-refractivity contribution is 7.78. The Bertz CT molecular complexity index is 1010. The maximum atomic E-state index is 12.6. The summed E-state index contributed by atoms with van der Waals surface area (Å²) in [6.07, 6.45) is 0.810. The van der Waals surface area contributed by atoms with E-state index in [1.807, 2.05) is 27.7 Å². The third-order valence-electron chi connectivity index (χ3n) is 4.39. The van der Waals surface area contributed by atoms with Crippen LogP contribution in [0.5, 0.6) is 0 Å². The molecule has 31 heavy (non-hydrogen) atoms. The number of benzene rings is 1. The number of hydrogen-bond acceptors (Lipinski definition) is 9. The third kappa shape index (κ3) is 5.86. The number of hydrazone groups is 1. The van der Waals surface area contributed by atoms with Crippen molar-refractivity contribution in [1.82, 2.24) is 4.98 Å². The van der Waals surface area contributed by atoms with Crippen LogP contribution in [0.3, 0.4) is 0 Å². The van der Waals surface area contributed by atoms with E-state index >= 15 is 0 Å². The molecule has 1 aromatic carbocycles. The molecule has 1 aliphatic heterocycles. The molecule has 0 bridgehead atoms. The molecule has 9 nitrogen and oxygen atoms in total. The minimum atomic E-state index is -1.94. The van der Waals surface area contributed by atoms with Gasteiger partial charge in [-0.15, -0.1) is 0 Å². The summed E-state index contributed by atoms with van der Waals surface area (Å²) in [5.74, 6) is -2.61. The fourth-order valence-corrected chi connectivity index (χ4v) is 4.81. The van der Waals surface area contributed by atoms with E-state index in [1.54, 1.807) is 18.2 Å². The second-order valence-electron chi connectivity index (χ2n) is 8.24. The van der Waals surface area contributed by atoms with E-state index in [0.717, 1.165) is 4.70 Å². The molecule has 0 saturated carbocycles. The highest BCUT2D eigenvalue weighted by Crippen LogP contribution is 2.33. The monoisotopic (exact) mass is 467 g/mol. The molecule has 0 aliphatic carbocycles. The fourth-order valence-electron chi connectivity index (χ4n) is 3.48. The first-order valence-corrected chi connectivity index (χ1v) is 11.9. The van der Waals surface area contributed by atoms with Crippen LogP contribution in [-0.2, 0) is 35.9 Å². The van der Waals surface area contributed by atoms with Crippen molar-refractivity contribution in [2.24, 2.45) is 16.9 Å². The zero-order valence-corrected chi connectivity index (χ0v) is 19.3. The van der Waals surface area contributed by atoms with Crippen LogP contribution in [0.15, 0.2) is 23.3 Å². The van der Waals surface area contributed by atoms with Gasteiger partial charge in [-0.1, -0.05) is 45.1 Å². The van der Waals surface area contributed by atoms with Gasteiger partial charge in [-0.25, -0.2) is 18.8 Å². The SMILES string of the molecule is CC(C)CC1(CC(C)C)OC(=O)C(=NNc2nc3ccc(CS(=O)O)cc3s2)C(=O)O1. The van der Waals surface area contributed by atoms with Gasteiger partial charge in [0.2, 0.25) is 5.13 Å². The van der Waals surface area contributed by atoms with Crippen molar-refractivity contribution in [3.8, 4) is 0 Å². The number of fused-ring (bicyclic) bond motifs is 1. The molecular weight excluding hydrogens is 442 g/mol. The number of carbonyl (C=O) groups is 2. The van der Waals surface area contributed by atoms with Crippen molar-refractivity contribution in [3.05, 3.63) is 23.8 Å². The molecule has 3 rings (SSSR count). The van der Waals surface area contributed by atoms with Gasteiger partial charge in [-0.05, 0) is 29.5 Å². The maximum Gasteiger partial charge on any atom is 0.369 e. The molecule has 2 N–H and O–H groups in total. The van der Waals surface area contributed by atoms with Crippen LogP contribution in [0.2, 0.25) is 0 Å². The van der Waals surface area contributed by atoms with Gasteiger partial charge in [0, 0.05) is 12.8 Å². The number of cyclic esters (lactones) is 2. The molecule has 2 aromatic rings. The quantitative estimate of drug-likeness (QED) is 0.342. The molecule has 1 aliphatic rings. The normalized spacial score (nSPS) is 17.1. The number of anilines is 1. The summed E-state index contributed by atoms with van der Waals surface area (Å²) in [7, 11) is 0. The number of hydrogen-bond donors (Lipinski definition) is 2. The molecule has 11 heteroatoms. The molecule has 0 spiro atoms. The fraction of sp³-hybridized carbons (Fsp3) is 0.500. The predicted molar refractivity (Wildman–Crippen MR) is 119 cm³/mol. The lowest BCUT2D eigenvalue weighted by atomic mass is 9.93. The molecule has 0 amide bonds. The first-order valence-electron chi connectivity index (χ1n) is 9.84. The van der Waals surface area contributed by atoms with Gasteiger partial charge >= 0.3 is 11.9 Å². The second kappa shape index (κ2) is 9.41. The van der Waals surface area contributed by atoms with Gasteiger partial charge in [0.05, 0.1) is 16.0 Å². The van der Waals surface area contributed by atoms with Gasteiger partial charge in [0.1, 0.15) is 0 Å². The summed E-state index contributed by atoms with van der Waals surface area (Å²) in [5, 5.41) is 4.24. The number of rotatable bonds is 8. The largest absolute Gasteiger partial charge is 0.417 e. The number of nitrogens with one attached hydrogen (secondary N) is 1. The Hall–Kier alpha value is -2.37. The number of ether oxygens (including phenoxy) is 2. The van der Waals surface area contributed by atoms with Crippen LogP contribution < -0.4 is 5.43 Å². The van der Waals surface area contributed by atoms with Crippen molar-refractivity contribution in [1.29, 1.82) is 0 Å². The lowest BCUT2D eigenvalue weighted by molar-refractivity contribution is -0.238. The minimum absolute atomic E-state index is 0.0189. The summed E-state index contributed by atoms with van der Waals surface area (Å²) in [6.45, 7) is 7.86. The Morgan fingerprint density at radius 2 is 1.77 bits per heavy atom. The average Bonchev–Trinajstić information content (AvgIpc) is 3.00. The van der Waals surface area contributed by atoms with E-state index in [1.165, 1.54) is 11.3 Å². The van der Waals surface area contributed by atoms with Crippen LogP contribution in [0, 0.1) is 11.8 Å². The van der Waals surface area contributed by atoms with E-state index in [9.17, 15) is 13.8 Å². The van der Waals surface area contributed by atoms with Gasteiger partial charge in [-0.3, -0.25) is 5.43 Å². The van der Waals surface area contributed by atoms with E-state index in [2.05, 4.69) is 15.5 Å². The summed E-state index contributed by atoms with van der Waals surface area (Å²) in [4.78, 5) is 29.5. The first kappa shape index (κ1) is 23.3. The molecule has 168 valence electrons. The Kier molecular flexibility index (Phi) is 7.07.